The van der Waals surface area contributed by atoms with E-state index in [1.54, 1.807) is 55.1 Å². The van der Waals surface area contributed by atoms with Crippen LogP contribution in [0.25, 0.3) is 6.08 Å². The molecule has 0 bridgehead atoms. The first-order valence-electron chi connectivity index (χ1n) is 5.98. The second-order valence-electron chi connectivity index (χ2n) is 3.96. The van der Waals surface area contributed by atoms with E-state index in [9.17, 15) is 9.59 Å². The monoisotopic (exact) mass is 266 g/mol. The third-order valence-electron chi connectivity index (χ3n) is 2.43. The van der Waals surface area contributed by atoms with Gasteiger partial charge in [-0.1, -0.05) is 12.1 Å². The summed E-state index contributed by atoms with van der Waals surface area (Å²) >= 11 is 0. The van der Waals surface area contributed by atoms with Crippen LogP contribution in [0, 0.1) is 0 Å². The van der Waals surface area contributed by atoms with Crippen molar-refractivity contribution in [1.29, 1.82) is 0 Å². The highest BCUT2D eigenvalue weighted by atomic mass is 16.2. The summed E-state index contributed by atoms with van der Waals surface area (Å²) in [5, 5.41) is 2.48. The average molecular weight is 266 g/mol. The van der Waals surface area contributed by atoms with Gasteiger partial charge in [0.2, 0.25) is 5.91 Å². The lowest BCUT2D eigenvalue weighted by atomic mass is 10.2. The molecule has 0 saturated heterocycles. The summed E-state index contributed by atoms with van der Waals surface area (Å²) in [6.07, 6.45) is 6.46. The zero-order valence-electron chi connectivity index (χ0n) is 10.6. The van der Waals surface area contributed by atoms with Gasteiger partial charge in [0.25, 0.3) is 6.29 Å². The molecule has 0 aliphatic heterocycles. The number of aromatic nitrogens is 2. The Labute approximate surface area is 116 Å². The third kappa shape index (κ3) is 4.13. The molecule has 0 unspecified atom stereocenters. The lowest BCUT2D eigenvalue weighted by Crippen LogP contribution is -2.25. The van der Waals surface area contributed by atoms with Gasteiger partial charge in [-0.05, 0) is 30.3 Å². The number of nitrogens with one attached hydrogen (secondary N) is 1. The van der Waals surface area contributed by atoms with E-state index in [0.717, 1.165) is 0 Å². The molecule has 1 N–H and O–H groups in total. The molecule has 5 heteroatoms. The lowest BCUT2D eigenvalue weighted by Gasteiger charge is -2.03. The normalized spacial score (nSPS) is 10.9. The van der Waals surface area contributed by atoms with E-state index in [2.05, 4.69) is 15.3 Å². The topological polar surface area (TPSA) is 72.0 Å². The van der Waals surface area contributed by atoms with Gasteiger partial charge in [-0.15, -0.1) is 0 Å². The molecule has 2 heterocycles. The summed E-state index contributed by atoms with van der Waals surface area (Å²) in [5.74, 6) is -0.325. The molecule has 0 spiro atoms. The minimum atomic E-state index is -0.325. The van der Waals surface area contributed by atoms with E-state index in [1.165, 1.54) is 6.08 Å². The molecule has 0 atom stereocenters. The van der Waals surface area contributed by atoms with Crippen LogP contribution in [0.5, 0.6) is 0 Å². The molecule has 0 aliphatic carbocycles. The van der Waals surface area contributed by atoms with Crippen molar-refractivity contribution in [3.05, 3.63) is 65.9 Å². The fourth-order valence-electron chi connectivity index (χ4n) is 1.56. The van der Waals surface area contributed by atoms with Crippen LogP contribution < -0.4 is 5.32 Å². The molecule has 2 aromatic rings. The molecule has 0 aromatic carbocycles. The van der Waals surface area contributed by atoms with E-state index in [-0.39, 0.29) is 18.0 Å². The standard InChI is InChI=1S/C15H12N3O2/c19-11-14(9-12-5-1-3-7-16-12)18-15(20)10-13-6-2-4-8-17-13/h1-9H,10H2,(H,18,20)/b14-9+. The smallest absolute Gasteiger partial charge is 0.251 e. The molecule has 20 heavy (non-hydrogen) atoms. The number of allylic oxidation sites excluding steroid dienone is 1. The largest absolute Gasteiger partial charge is 0.322 e. The first-order valence-corrected chi connectivity index (χ1v) is 5.98. The van der Waals surface area contributed by atoms with E-state index in [4.69, 9.17) is 0 Å². The van der Waals surface area contributed by atoms with Crippen LogP contribution >= 0.6 is 0 Å². The molecule has 2 aromatic heterocycles. The van der Waals surface area contributed by atoms with Crippen molar-refractivity contribution in [3.63, 3.8) is 0 Å². The second kappa shape index (κ2) is 6.94. The lowest BCUT2D eigenvalue weighted by molar-refractivity contribution is -0.119. The van der Waals surface area contributed by atoms with Crippen molar-refractivity contribution in [2.75, 3.05) is 0 Å². The highest BCUT2D eigenvalue weighted by Gasteiger charge is 2.07. The van der Waals surface area contributed by atoms with Gasteiger partial charge in [-0.2, -0.15) is 0 Å². The van der Waals surface area contributed by atoms with Gasteiger partial charge >= 0.3 is 0 Å². The third-order valence-corrected chi connectivity index (χ3v) is 2.43. The number of rotatable bonds is 5. The Bertz CT molecular complexity index is 610. The Kier molecular flexibility index (Phi) is 4.72. The van der Waals surface area contributed by atoms with Gasteiger partial charge in [-0.3, -0.25) is 19.6 Å². The van der Waals surface area contributed by atoms with Crippen molar-refractivity contribution in [3.8, 4) is 0 Å². The molecule has 2 rings (SSSR count). The van der Waals surface area contributed by atoms with Gasteiger partial charge in [0.15, 0.2) is 0 Å². The number of amides is 1. The summed E-state index contributed by atoms with van der Waals surface area (Å²) < 4.78 is 0. The molecule has 0 aliphatic rings. The highest BCUT2D eigenvalue weighted by Crippen LogP contribution is 2.01. The average Bonchev–Trinajstić information content (AvgIpc) is 2.48. The van der Waals surface area contributed by atoms with Gasteiger partial charge < -0.3 is 5.32 Å². The number of nitrogens with zero attached hydrogens (tertiary/aromatic N) is 2. The number of hydrogen-bond acceptors (Lipinski definition) is 4. The van der Waals surface area contributed by atoms with Crippen LogP contribution in [0.2, 0.25) is 0 Å². The molecule has 1 radical (unpaired) electrons. The van der Waals surface area contributed by atoms with Crippen molar-refractivity contribution in [2.45, 2.75) is 6.42 Å². The Hall–Kier alpha value is -2.82. The molecule has 5 nitrogen and oxygen atoms in total. The molecule has 0 saturated carbocycles. The van der Waals surface area contributed by atoms with Crippen LogP contribution in [0.1, 0.15) is 11.4 Å². The number of carbonyl (C=O) groups excluding carboxylic acids is 2. The Morgan fingerprint density at radius 1 is 1.15 bits per heavy atom. The number of pyridine rings is 2. The summed E-state index contributed by atoms with van der Waals surface area (Å²) in [5.41, 5.74) is 1.25. The Morgan fingerprint density at radius 2 is 1.90 bits per heavy atom. The number of hydrogen-bond donors (Lipinski definition) is 1. The van der Waals surface area contributed by atoms with E-state index in [0.29, 0.717) is 11.4 Å². The van der Waals surface area contributed by atoms with Crippen LogP contribution in [0.3, 0.4) is 0 Å². The SMILES string of the molecule is O=[C]/C(=C\c1ccccn1)NC(=O)Cc1ccccn1. The zero-order chi connectivity index (χ0) is 14.2. The van der Waals surface area contributed by atoms with E-state index < -0.39 is 0 Å². The maximum atomic E-state index is 11.8. The molecular formula is C15H12N3O2. The van der Waals surface area contributed by atoms with Gasteiger partial charge in [0.05, 0.1) is 17.8 Å². The first-order chi connectivity index (χ1) is 9.78. The van der Waals surface area contributed by atoms with Gasteiger partial charge in [0.1, 0.15) is 0 Å². The van der Waals surface area contributed by atoms with Crippen molar-refractivity contribution < 1.29 is 9.59 Å². The predicted octanol–water partition coefficient (Wildman–Crippen LogP) is 1.29. The van der Waals surface area contributed by atoms with E-state index >= 15 is 0 Å². The summed E-state index contributed by atoms with van der Waals surface area (Å²) in [7, 11) is 0. The van der Waals surface area contributed by atoms with E-state index in [1.807, 2.05) is 0 Å². The van der Waals surface area contributed by atoms with Crippen molar-refractivity contribution in [1.82, 2.24) is 15.3 Å². The minimum absolute atomic E-state index is 0.0460. The maximum Gasteiger partial charge on any atom is 0.251 e. The Balaban J connectivity index is 2.02. The van der Waals surface area contributed by atoms with Gasteiger partial charge in [-0.25, -0.2) is 0 Å². The zero-order valence-corrected chi connectivity index (χ0v) is 10.6. The molecule has 99 valence electrons. The van der Waals surface area contributed by atoms with Gasteiger partial charge in [0, 0.05) is 18.1 Å². The summed E-state index contributed by atoms with van der Waals surface area (Å²) in [4.78, 5) is 30.7. The van der Waals surface area contributed by atoms with Crippen LogP contribution in [0.15, 0.2) is 54.5 Å². The predicted molar refractivity (Wildman–Crippen MR) is 74.0 cm³/mol. The molecular weight excluding hydrogens is 254 g/mol. The minimum Gasteiger partial charge on any atom is -0.322 e. The Morgan fingerprint density at radius 3 is 2.50 bits per heavy atom. The fraction of sp³-hybridized carbons (Fsp3) is 0.0667. The summed E-state index contributed by atoms with van der Waals surface area (Å²) in [6, 6.07) is 10.6. The van der Waals surface area contributed by atoms with Crippen molar-refractivity contribution in [2.24, 2.45) is 0 Å². The highest BCUT2D eigenvalue weighted by molar-refractivity contribution is 5.90. The van der Waals surface area contributed by atoms with Crippen LogP contribution in [0.4, 0.5) is 0 Å². The second-order valence-corrected chi connectivity index (χ2v) is 3.96. The van der Waals surface area contributed by atoms with Crippen LogP contribution in [-0.2, 0) is 16.0 Å². The molecule has 1 amide bonds. The number of carbonyl (C=O) groups is 1. The fourth-order valence-corrected chi connectivity index (χ4v) is 1.56. The summed E-state index contributed by atoms with van der Waals surface area (Å²) in [6.45, 7) is 0. The van der Waals surface area contributed by atoms with Crippen molar-refractivity contribution >= 4 is 18.3 Å². The molecule has 0 fully saturated rings. The maximum absolute atomic E-state index is 11.8. The first kappa shape index (κ1) is 13.6. The quantitative estimate of drug-likeness (QED) is 0.828. The van der Waals surface area contributed by atoms with Crippen LogP contribution in [-0.4, -0.2) is 22.2 Å².